The van der Waals surface area contributed by atoms with E-state index in [1.807, 2.05) is 31.2 Å². The molecule has 0 spiro atoms. The number of aromatic nitrogens is 4. The van der Waals surface area contributed by atoms with Crippen LogP contribution in [0.1, 0.15) is 39.5 Å². The Hall–Kier alpha value is -3.43. The van der Waals surface area contributed by atoms with Gasteiger partial charge in [-0.3, -0.25) is 9.59 Å². The van der Waals surface area contributed by atoms with E-state index in [0.29, 0.717) is 61.6 Å². The number of para-hydroxylation sites is 2. The monoisotopic (exact) mass is 468 g/mol. The first-order chi connectivity index (χ1) is 16.4. The lowest BCUT2D eigenvalue weighted by Gasteiger charge is -2.31. The van der Waals surface area contributed by atoms with E-state index >= 15 is 0 Å². The van der Waals surface area contributed by atoms with E-state index in [1.165, 1.54) is 9.08 Å². The molecule has 1 aliphatic rings. The summed E-state index contributed by atoms with van der Waals surface area (Å²) in [6, 6.07) is 7.41. The average molecular weight is 469 g/mol. The molecule has 0 atom stereocenters. The number of unbranched alkanes of at least 4 members (excludes halogenated alkanes) is 1. The molecule has 2 aromatic heterocycles. The first-order valence-corrected chi connectivity index (χ1v) is 12.0. The van der Waals surface area contributed by atoms with Crippen molar-refractivity contribution in [3.8, 4) is 0 Å². The zero-order valence-electron chi connectivity index (χ0n) is 20.1. The molecule has 10 nitrogen and oxygen atoms in total. The van der Waals surface area contributed by atoms with Crippen LogP contribution in [0.3, 0.4) is 0 Å². The third-order valence-electron chi connectivity index (χ3n) is 6.36. The van der Waals surface area contributed by atoms with Gasteiger partial charge in [-0.05, 0) is 38.3 Å². The molecule has 0 bridgehead atoms. The lowest BCUT2D eigenvalue weighted by atomic mass is 9.97. The van der Waals surface area contributed by atoms with Gasteiger partial charge in [0.1, 0.15) is 6.54 Å². The maximum Gasteiger partial charge on any atom is 0.351 e. The molecule has 1 fully saturated rings. The van der Waals surface area contributed by atoms with E-state index in [2.05, 4.69) is 16.9 Å². The topological polar surface area (TPSA) is 102 Å². The van der Waals surface area contributed by atoms with Crippen molar-refractivity contribution in [3.05, 3.63) is 34.7 Å². The molecule has 10 heteroatoms. The molecular weight excluding hydrogens is 436 g/mol. The number of esters is 1. The van der Waals surface area contributed by atoms with Crippen LogP contribution in [0.4, 0.5) is 5.82 Å². The van der Waals surface area contributed by atoms with Gasteiger partial charge in [0.05, 0.1) is 23.6 Å². The largest absolute Gasteiger partial charge is 0.466 e. The fourth-order valence-corrected chi connectivity index (χ4v) is 4.35. The van der Waals surface area contributed by atoms with Crippen molar-refractivity contribution >= 4 is 34.4 Å². The number of nitrogens with zero attached hydrogens (tertiary/aromatic N) is 6. The van der Waals surface area contributed by atoms with E-state index < -0.39 is 0 Å². The number of fused-ring (bicyclic) bond motifs is 3. The zero-order valence-corrected chi connectivity index (χ0v) is 20.1. The average Bonchev–Trinajstić information content (AvgIpc) is 3.18. The van der Waals surface area contributed by atoms with E-state index in [0.717, 1.165) is 12.8 Å². The normalized spacial score (nSPS) is 14.6. The molecule has 0 N–H and O–H groups in total. The Labute approximate surface area is 198 Å². The van der Waals surface area contributed by atoms with Crippen LogP contribution in [0.15, 0.2) is 29.1 Å². The lowest BCUT2D eigenvalue weighted by Crippen LogP contribution is -2.37. The van der Waals surface area contributed by atoms with Crippen LogP contribution < -0.4 is 10.6 Å². The Kier molecular flexibility index (Phi) is 7.14. The summed E-state index contributed by atoms with van der Waals surface area (Å²) in [5.41, 5.74) is 1.37. The number of hydrogen-bond acceptors (Lipinski definition) is 7. The molecule has 1 amide bonds. The van der Waals surface area contributed by atoms with Crippen molar-refractivity contribution in [2.45, 2.75) is 46.1 Å². The zero-order chi connectivity index (χ0) is 24.2. The van der Waals surface area contributed by atoms with Crippen LogP contribution in [0, 0.1) is 5.92 Å². The van der Waals surface area contributed by atoms with Crippen LogP contribution in [-0.2, 0) is 20.9 Å². The molecule has 182 valence electrons. The van der Waals surface area contributed by atoms with Crippen LogP contribution in [-0.4, -0.2) is 69.2 Å². The minimum atomic E-state index is -0.367. The van der Waals surface area contributed by atoms with Gasteiger partial charge in [0, 0.05) is 26.7 Å². The molecule has 3 heterocycles. The summed E-state index contributed by atoms with van der Waals surface area (Å²) in [7, 11) is 1.74. The maximum atomic E-state index is 13.3. The lowest BCUT2D eigenvalue weighted by molar-refractivity contribution is -0.148. The number of anilines is 1. The highest BCUT2D eigenvalue weighted by Gasteiger charge is 2.29. The van der Waals surface area contributed by atoms with Gasteiger partial charge in [-0.25, -0.2) is 18.9 Å². The highest BCUT2D eigenvalue weighted by atomic mass is 16.5. The van der Waals surface area contributed by atoms with E-state index in [1.54, 1.807) is 11.9 Å². The van der Waals surface area contributed by atoms with Crippen molar-refractivity contribution in [3.63, 3.8) is 0 Å². The first-order valence-electron chi connectivity index (χ1n) is 12.0. The number of rotatable bonds is 8. The third-order valence-corrected chi connectivity index (χ3v) is 6.36. The molecule has 3 aromatic rings. The minimum Gasteiger partial charge on any atom is -0.466 e. The Balaban J connectivity index is 1.69. The number of benzene rings is 1. The second-order valence-electron chi connectivity index (χ2n) is 8.71. The van der Waals surface area contributed by atoms with Crippen LogP contribution in [0.25, 0.3) is 16.7 Å². The number of amides is 1. The second kappa shape index (κ2) is 10.2. The van der Waals surface area contributed by atoms with Gasteiger partial charge in [0.15, 0.2) is 5.82 Å². The number of carbonyl (C=O) groups excluding carboxylic acids is 2. The predicted molar refractivity (Wildman–Crippen MR) is 129 cm³/mol. The summed E-state index contributed by atoms with van der Waals surface area (Å²) in [5.74, 6) is 0.130. The quantitative estimate of drug-likeness (QED) is 0.467. The molecular formula is C24H32N6O4. The Morgan fingerprint density at radius 2 is 1.91 bits per heavy atom. The third kappa shape index (κ3) is 4.62. The fraction of sp³-hybridized carbons (Fsp3) is 0.542. The Bertz CT molecular complexity index is 1240. The van der Waals surface area contributed by atoms with Gasteiger partial charge in [-0.1, -0.05) is 25.5 Å². The van der Waals surface area contributed by atoms with Crippen LogP contribution >= 0.6 is 0 Å². The first kappa shape index (κ1) is 23.7. The minimum absolute atomic E-state index is 0.126. The summed E-state index contributed by atoms with van der Waals surface area (Å²) >= 11 is 0. The standard InChI is InChI=1S/C24H32N6O4/c1-4-6-13-27(3)20(31)16-29-24(33)30-19-10-8-7-9-18(19)25-21(22(30)26-29)28-14-11-17(12-15-28)23(32)34-5-2/h7-10,17H,4-6,11-16H2,1-3H3. The van der Waals surface area contributed by atoms with Crippen molar-refractivity contribution in [1.29, 1.82) is 0 Å². The summed E-state index contributed by atoms with van der Waals surface area (Å²) in [5, 5.41) is 4.55. The van der Waals surface area contributed by atoms with E-state index in [4.69, 9.17) is 9.72 Å². The Morgan fingerprint density at radius 3 is 2.62 bits per heavy atom. The number of hydrogen-bond donors (Lipinski definition) is 0. The van der Waals surface area contributed by atoms with Gasteiger partial charge in [0.2, 0.25) is 11.6 Å². The van der Waals surface area contributed by atoms with Gasteiger partial charge in [-0.2, -0.15) is 0 Å². The van der Waals surface area contributed by atoms with Crippen molar-refractivity contribution in [2.24, 2.45) is 5.92 Å². The number of carbonyl (C=O) groups is 2. The number of piperidine rings is 1. The molecule has 0 radical (unpaired) electrons. The SMILES string of the molecule is CCCCN(C)C(=O)Cn1nc2c(N3CCC(C(=O)OCC)CC3)nc3ccccc3n2c1=O. The number of ether oxygens (including phenoxy) is 1. The van der Waals surface area contributed by atoms with Crippen molar-refractivity contribution in [1.82, 2.24) is 24.1 Å². The second-order valence-corrected chi connectivity index (χ2v) is 8.71. The summed E-state index contributed by atoms with van der Waals surface area (Å²) in [6.07, 6.45) is 3.18. The summed E-state index contributed by atoms with van der Waals surface area (Å²) in [6.45, 7) is 5.97. The number of likely N-dealkylation sites (N-methyl/N-ethyl adjacent to an activating group) is 1. The molecule has 4 rings (SSSR count). The smallest absolute Gasteiger partial charge is 0.351 e. The van der Waals surface area contributed by atoms with Crippen LogP contribution in [0.2, 0.25) is 0 Å². The predicted octanol–water partition coefficient (Wildman–Crippen LogP) is 2.08. The molecule has 1 aliphatic heterocycles. The maximum absolute atomic E-state index is 13.3. The fourth-order valence-electron chi connectivity index (χ4n) is 4.35. The Morgan fingerprint density at radius 1 is 1.18 bits per heavy atom. The summed E-state index contributed by atoms with van der Waals surface area (Å²) < 4.78 is 7.94. The summed E-state index contributed by atoms with van der Waals surface area (Å²) in [4.78, 5) is 46.7. The molecule has 0 aliphatic carbocycles. The highest BCUT2D eigenvalue weighted by Crippen LogP contribution is 2.27. The van der Waals surface area contributed by atoms with Gasteiger partial charge >= 0.3 is 11.7 Å². The van der Waals surface area contributed by atoms with Crippen LogP contribution in [0.5, 0.6) is 0 Å². The van der Waals surface area contributed by atoms with Gasteiger partial charge in [-0.15, -0.1) is 5.10 Å². The van der Waals surface area contributed by atoms with E-state index in [-0.39, 0.29) is 30.0 Å². The van der Waals surface area contributed by atoms with Gasteiger partial charge < -0.3 is 14.5 Å². The molecule has 34 heavy (non-hydrogen) atoms. The molecule has 1 aromatic carbocycles. The molecule has 1 saturated heterocycles. The molecule has 0 saturated carbocycles. The van der Waals surface area contributed by atoms with E-state index in [9.17, 15) is 14.4 Å². The van der Waals surface area contributed by atoms with Crippen molar-refractivity contribution in [2.75, 3.05) is 38.2 Å². The van der Waals surface area contributed by atoms with Gasteiger partial charge in [0.25, 0.3) is 0 Å². The molecule has 0 unspecified atom stereocenters. The highest BCUT2D eigenvalue weighted by molar-refractivity contribution is 5.83. The van der Waals surface area contributed by atoms with Crippen molar-refractivity contribution < 1.29 is 14.3 Å².